The van der Waals surface area contributed by atoms with E-state index < -0.39 is 40.9 Å². The molecule has 2 aromatic rings. The molecule has 1 N–H and O–H groups in total. The fraction of sp³-hybridized carbons (Fsp3) is 0.312. The Labute approximate surface area is 140 Å². The highest BCUT2D eigenvalue weighted by atomic mass is 19.2. The van der Waals surface area contributed by atoms with Crippen LogP contribution in [0, 0.1) is 24.4 Å². The molecule has 132 valence electrons. The fourth-order valence-electron chi connectivity index (χ4n) is 2.76. The van der Waals surface area contributed by atoms with Gasteiger partial charge in [-0.25, -0.2) is 13.2 Å². The number of amides is 2. The van der Waals surface area contributed by atoms with Crippen molar-refractivity contribution in [2.24, 2.45) is 0 Å². The lowest BCUT2D eigenvalue weighted by Crippen LogP contribution is -2.43. The summed E-state index contributed by atoms with van der Waals surface area (Å²) in [6.07, 6.45) is 0.882. The van der Waals surface area contributed by atoms with Gasteiger partial charge in [-0.1, -0.05) is 5.16 Å². The summed E-state index contributed by atoms with van der Waals surface area (Å²) in [5, 5.41) is 6.14. The molecule has 6 nitrogen and oxygen atoms in total. The number of halogens is 3. The largest absolute Gasteiger partial charge is 0.360 e. The van der Waals surface area contributed by atoms with Crippen LogP contribution >= 0.6 is 0 Å². The van der Waals surface area contributed by atoms with Gasteiger partial charge < -0.3 is 14.7 Å². The van der Waals surface area contributed by atoms with Gasteiger partial charge in [-0.3, -0.25) is 9.59 Å². The van der Waals surface area contributed by atoms with Gasteiger partial charge in [0.1, 0.15) is 11.8 Å². The SMILES string of the molecule is Cc1cc(NC(=O)[C@@H]2CCCN2C(=O)c2ccc(F)c(F)c2F)no1. The maximum Gasteiger partial charge on any atom is 0.257 e. The van der Waals surface area contributed by atoms with Crippen LogP contribution in [0.25, 0.3) is 0 Å². The number of anilines is 1. The second-order valence-corrected chi connectivity index (χ2v) is 5.69. The first-order valence-electron chi connectivity index (χ1n) is 7.57. The van der Waals surface area contributed by atoms with Crippen LogP contribution < -0.4 is 5.32 Å². The number of nitrogens with zero attached hydrogens (tertiary/aromatic N) is 2. The molecule has 2 amide bonds. The van der Waals surface area contributed by atoms with E-state index in [-0.39, 0.29) is 12.4 Å². The van der Waals surface area contributed by atoms with Crippen LogP contribution in [-0.4, -0.2) is 34.5 Å². The average Bonchev–Trinajstić information content (AvgIpc) is 3.21. The summed E-state index contributed by atoms with van der Waals surface area (Å²) < 4.78 is 45.1. The molecule has 1 saturated heterocycles. The Bertz CT molecular complexity index is 837. The van der Waals surface area contributed by atoms with Crippen molar-refractivity contribution in [3.8, 4) is 0 Å². The minimum atomic E-state index is -1.72. The summed E-state index contributed by atoms with van der Waals surface area (Å²) in [5.74, 6) is -5.36. The first-order valence-corrected chi connectivity index (χ1v) is 7.57. The fourth-order valence-corrected chi connectivity index (χ4v) is 2.76. The molecular formula is C16H14F3N3O3. The summed E-state index contributed by atoms with van der Waals surface area (Å²) in [7, 11) is 0. The normalized spacial score (nSPS) is 17.0. The predicted octanol–water partition coefficient (Wildman–Crippen LogP) is 2.64. The van der Waals surface area contributed by atoms with E-state index in [9.17, 15) is 22.8 Å². The van der Waals surface area contributed by atoms with Crippen molar-refractivity contribution >= 4 is 17.6 Å². The van der Waals surface area contributed by atoms with Crippen LogP contribution in [0.15, 0.2) is 22.7 Å². The highest BCUT2D eigenvalue weighted by molar-refractivity contribution is 6.01. The zero-order valence-corrected chi connectivity index (χ0v) is 13.2. The summed E-state index contributed by atoms with van der Waals surface area (Å²) >= 11 is 0. The lowest BCUT2D eigenvalue weighted by molar-refractivity contribution is -0.119. The smallest absolute Gasteiger partial charge is 0.257 e. The van der Waals surface area contributed by atoms with E-state index in [0.29, 0.717) is 24.7 Å². The number of aromatic nitrogens is 1. The molecule has 0 radical (unpaired) electrons. The number of nitrogens with one attached hydrogen (secondary N) is 1. The minimum absolute atomic E-state index is 0.195. The number of carbonyl (C=O) groups excluding carboxylic acids is 2. The quantitative estimate of drug-likeness (QED) is 0.861. The van der Waals surface area contributed by atoms with Crippen LogP contribution in [0.5, 0.6) is 0 Å². The third kappa shape index (κ3) is 3.21. The Kier molecular flexibility index (Phi) is 4.47. The summed E-state index contributed by atoms with van der Waals surface area (Å²) in [6, 6.07) is 2.19. The van der Waals surface area contributed by atoms with E-state index in [1.807, 2.05) is 0 Å². The Morgan fingerprint density at radius 2 is 2.04 bits per heavy atom. The number of likely N-dealkylation sites (tertiary alicyclic amines) is 1. The number of aryl methyl sites for hydroxylation is 1. The Morgan fingerprint density at radius 3 is 2.72 bits per heavy atom. The number of carbonyl (C=O) groups is 2. The third-order valence-corrected chi connectivity index (χ3v) is 3.96. The van der Waals surface area contributed by atoms with Crippen LogP contribution in [0.3, 0.4) is 0 Å². The van der Waals surface area contributed by atoms with Gasteiger partial charge in [-0.15, -0.1) is 0 Å². The molecule has 9 heteroatoms. The molecule has 1 atom stereocenters. The third-order valence-electron chi connectivity index (χ3n) is 3.96. The maximum absolute atomic E-state index is 13.9. The molecule has 3 rings (SSSR count). The van der Waals surface area contributed by atoms with E-state index in [1.54, 1.807) is 6.92 Å². The zero-order valence-electron chi connectivity index (χ0n) is 13.2. The lowest BCUT2D eigenvalue weighted by Gasteiger charge is -2.23. The van der Waals surface area contributed by atoms with Gasteiger partial charge >= 0.3 is 0 Å². The molecule has 0 saturated carbocycles. The molecule has 1 aliphatic heterocycles. The number of benzene rings is 1. The van der Waals surface area contributed by atoms with E-state index in [1.165, 1.54) is 6.07 Å². The molecule has 2 heterocycles. The van der Waals surface area contributed by atoms with Crippen LogP contribution in [-0.2, 0) is 4.79 Å². The molecule has 1 aliphatic rings. The van der Waals surface area contributed by atoms with Gasteiger partial charge in [0, 0.05) is 12.6 Å². The molecule has 0 spiro atoms. The predicted molar refractivity (Wildman–Crippen MR) is 80.2 cm³/mol. The highest BCUT2D eigenvalue weighted by Crippen LogP contribution is 2.24. The molecule has 0 bridgehead atoms. The topological polar surface area (TPSA) is 75.4 Å². The van der Waals surface area contributed by atoms with Gasteiger partial charge in [0.25, 0.3) is 5.91 Å². The van der Waals surface area contributed by atoms with E-state index in [0.717, 1.165) is 11.0 Å². The molecule has 1 aromatic carbocycles. The van der Waals surface area contributed by atoms with Crippen molar-refractivity contribution in [3.63, 3.8) is 0 Å². The Balaban J connectivity index is 1.80. The monoisotopic (exact) mass is 353 g/mol. The summed E-state index contributed by atoms with van der Waals surface area (Å²) in [6.45, 7) is 1.85. The lowest BCUT2D eigenvalue weighted by atomic mass is 10.1. The average molecular weight is 353 g/mol. The number of hydrogen-bond acceptors (Lipinski definition) is 4. The Hall–Kier alpha value is -2.84. The van der Waals surface area contributed by atoms with Crippen molar-refractivity contribution in [2.75, 3.05) is 11.9 Å². The van der Waals surface area contributed by atoms with E-state index in [2.05, 4.69) is 10.5 Å². The van der Waals surface area contributed by atoms with Gasteiger partial charge in [0.2, 0.25) is 5.91 Å². The molecule has 0 aliphatic carbocycles. The van der Waals surface area contributed by atoms with Gasteiger partial charge in [0.15, 0.2) is 23.3 Å². The van der Waals surface area contributed by atoms with Crippen LogP contribution in [0.1, 0.15) is 29.0 Å². The van der Waals surface area contributed by atoms with Crippen molar-refractivity contribution in [2.45, 2.75) is 25.8 Å². The van der Waals surface area contributed by atoms with Crippen LogP contribution in [0.4, 0.5) is 19.0 Å². The first-order chi connectivity index (χ1) is 11.9. The van der Waals surface area contributed by atoms with Crippen molar-refractivity contribution in [1.29, 1.82) is 0 Å². The molecule has 0 unspecified atom stereocenters. The minimum Gasteiger partial charge on any atom is -0.360 e. The molecular weight excluding hydrogens is 339 g/mol. The zero-order chi connectivity index (χ0) is 18.1. The van der Waals surface area contributed by atoms with Gasteiger partial charge in [-0.05, 0) is 31.9 Å². The summed E-state index contributed by atoms with van der Waals surface area (Å²) in [5.41, 5.74) is -0.615. The van der Waals surface area contributed by atoms with E-state index in [4.69, 9.17) is 4.52 Å². The Morgan fingerprint density at radius 1 is 1.28 bits per heavy atom. The standard InChI is InChI=1S/C16H14F3N3O3/c1-8-7-12(21-25-8)20-15(23)11-3-2-6-22(11)16(24)9-4-5-10(17)14(19)13(9)18/h4-5,7,11H,2-3,6H2,1H3,(H,20,21,23)/t11-/m0/s1. The van der Waals surface area contributed by atoms with Gasteiger partial charge in [-0.2, -0.15) is 0 Å². The second-order valence-electron chi connectivity index (χ2n) is 5.69. The second kappa shape index (κ2) is 6.58. The first kappa shape index (κ1) is 17.0. The molecule has 1 fully saturated rings. The van der Waals surface area contributed by atoms with E-state index >= 15 is 0 Å². The van der Waals surface area contributed by atoms with Crippen molar-refractivity contribution in [1.82, 2.24) is 10.1 Å². The van der Waals surface area contributed by atoms with Crippen molar-refractivity contribution in [3.05, 3.63) is 47.0 Å². The number of rotatable bonds is 3. The van der Waals surface area contributed by atoms with Gasteiger partial charge in [0.05, 0.1) is 5.56 Å². The number of hydrogen-bond donors (Lipinski definition) is 1. The molecule has 25 heavy (non-hydrogen) atoms. The van der Waals surface area contributed by atoms with Crippen LogP contribution in [0.2, 0.25) is 0 Å². The molecule has 1 aromatic heterocycles. The maximum atomic E-state index is 13.9. The van der Waals surface area contributed by atoms with Crippen molar-refractivity contribution < 1.29 is 27.3 Å². The highest BCUT2D eigenvalue weighted by Gasteiger charge is 2.36. The summed E-state index contributed by atoms with van der Waals surface area (Å²) in [4.78, 5) is 26.0.